The summed E-state index contributed by atoms with van der Waals surface area (Å²) >= 11 is 13.5. The van der Waals surface area contributed by atoms with Gasteiger partial charge in [0.2, 0.25) is 5.91 Å². The second-order valence-electron chi connectivity index (χ2n) is 6.34. The molecule has 3 aromatic carbocycles. The van der Waals surface area contributed by atoms with E-state index in [4.69, 9.17) is 28.2 Å². The number of nitrogens with zero attached hydrogens (tertiary/aromatic N) is 1. The summed E-state index contributed by atoms with van der Waals surface area (Å²) in [6.07, 6.45) is 0.514. The van der Waals surface area contributed by atoms with Crippen molar-refractivity contribution in [3.63, 3.8) is 0 Å². The van der Waals surface area contributed by atoms with Crippen molar-refractivity contribution in [1.29, 1.82) is 0 Å². The lowest BCUT2D eigenvalue weighted by Gasteiger charge is -2.16. The van der Waals surface area contributed by atoms with E-state index in [0.29, 0.717) is 16.5 Å². The fourth-order valence-corrected chi connectivity index (χ4v) is 4.29. The molecular weight excluding hydrogens is 411 g/mol. The zero-order valence-corrected chi connectivity index (χ0v) is 17.1. The Bertz CT molecular complexity index is 1030. The minimum absolute atomic E-state index is 0.0642. The molecule has 1 aliphatic heterocycles. The molecule has 3 aromatic rings. The number of thioether (sulfide) groups is 1. The number of para-hydroxylation sites is 1. The van der Waals surface area contributed by atoms with Crippen LogP contribution in [0.2, 0.25) is 10.0 Å². The molecule has 6 heteroatoms. The molecule has 1 heterocycles. The van der Waals surface area contributed by atoms with Crippen LogP contribution in [-0.2, 0) is 4.79 Å². The van der Waals surface area contributed by atoms with Crippen LogP contribution in [-0.4, -0.2) is 16.9 Å². The number of carbonyl (C=O) groups excluding carboxylic acids is 1. The molecule has 4 rings (SSSR count). The third kappa shape index (κ3) is 4.41. The first-order valence-electron chi connectivity index (χ1n) is 8.74. The van der Waals surface area contributed by atoms with Gasteiger partial charge in [-0.2, -0.15) is 0 Å². The van der Waals surface area contributed by atoms with Gasteiger partial charge in [-0.3, -0.25) is 9.79 Å². The average Bonchev–Trinajstić information content (AvgIpc) is 2.90. The predicted octanol–water partition coefficient (Wildman–Crippen LogP) is 6.62. The second-order valence-corrected chi connectivity index (χ2v) is 8.46. The van der Waals surface area contributed by atoms with Crippen LogP contribution >= 0.6 is 35.0 Å². The summed E-state index contributed by atoms with van der Waals surface area (Å²) in [5.74, 6) is -0.0642. The Morgan fingerprint density at radius 2 is 1.57 bits per heavy atom. The highest BCUT2D eigenvalue weighted by Gasteiger charge is 2.26. The van der Waals surface area contributed by atoms with Crippen molar-refractivity contribution in [2.75, 3.05) is 5.32 Å². The molecule has 0 unspecified atom stereocenters. The third-order valence-electron chi connectivity index (χ3n) is 4.35. The lowest BCUT2D eigenvalue weighted by molar-refractivity contribution is -0.115. The van der Waals surface area contributed by atoms with E-state index in [1.807, 2.05) is 48.5 Å². The molecule has 0 aromatic heterocycles. The van der Waals surface area contributed by atoms with Gasteiger partial charge in [0.05, 0.1) is 10.9 Å². The Balaban J connectivity index is 1.65. The van der Waals surface area contributed by atoms with Crippen molar-refractivity contribution in [2.24, 2.45) is 4.99 Å². The van der Waals surface area contributed by atoms with Crippen molar-refractivity contribution < 1.29 is 4.79 Å². The molecule has 0 aliphatic carbocycles. The number of hydrogen-bond acceptors (Lipinski definition) is 3. The van der Waals surface area contributed by atoms with Crippen LogP contribution in [0.1, 0.15) is 12.0 Å². The van der Waals surface area contributed by atoms with Crippen LogP contribution < -0.4 is 5.32 Å². The van der Waals surface area contributed by atoms with Gasteiger partial charge in [-0.05, 0) is 54.1 Å². The van der Waals surface area contributed by atoms with Gasteiger partial charge in [-0.1, -0.05) is 47.5 Å². The van der Waals surface area contributed by atoms with Gasteiger partial charge in [0, 0.05) is 32.8 Å². The smallest absolute Gasteiger partial charge is 0.238 e. The quantitative estimate of drug-likeness (QED) is 0.511. The first kappa shape index (κ1) is 19.1. The molecule has 0 bridgehead atoms. The molecule has 28 heavy (non-hydrogen) atoms. The molecule has 1 aliphatic rings. The maximum atomic E-state index is 13.0. The number of hydrogen-bond donors (Lipinski definition) is 1. The highest BCUT2D eigenvalue weighted by atomic mass is 35.5. The molecule has 0 radical (unpaired) electrons. The van der Waals surface area contributed by atoms with Crippen molar-refractivity contribution in [2.45, 2.75) is 16.6 Å². The van der Waals surface area contributed by atoms with Gasteiger partial charge >= 0.3 is 0 Å². The molecule has 0 spiro atoms. The van der Waals surface area contributed by atoms with Crippen molar-refractivity contribution in [3.05, 3.63) is 88.4 Å². The monoisotopic (exact) mass is 426 g/mol. The van der Waals surface area contributed by atoms with Gasteiger partial charge < -0.3 is 5.32 Å². The van der Waals surface area contributed by atoms with E-state index in [1.165, 1.54) is 11.8 Å². The lowest BCUT2D eigenvalue weighted by atomic mass is 10.0. The Labute approximate surface area is 177 Å². The molecule has 0 fully saturated rings. The maximum Gasteiger partial charge on any atom is 0.238 e. The van der Waals surface area contributed by atoms with E-state index in [0.717, 1.165) is 27.5 Å². The summed E-state index contributed by atoms with van der Waals surface area (Å²) in [7, 11) is 0. The summed E-state index contributed by atoms with van der Waals surface area (Å²) < 4.78 is 0. The summed E-state index contributed by atoms with van der Waals surface area (Å²) in [6, 6.07) is 22.5. The number of carbonyl (C=O) groups is 1. The lowest BCUT2D eigenvalue weighted by Crippen LogP contribution is -2.27. The highest BCUT2D eigenvalue weighted by Crippen LogP contribution is 2.38. The van der Waals surface area contributed by atoms with E-state index < -0.39 is 0 Å². The van der Waals surface area contributed by atoms with Gasteiger partial charge in [-0.15, -0.1) is 11.8 Å². The number of anilines is 1. The van der Waals surface area contributed by atoms with Gasteiger partial charge in [-0.25, -0.2) is 0 Å². The Morgan fingerprint density at radius 3 is 2.29 bits per heavy atom. The Morgan fingerprint density at radius 1 is 0.929 bits per heavy atom. The zero-order valence-electron chi connectivity index (χ0n) is 14.7. The zero-order chi connectivity index (χ0) is 19.5. The number of halogens is 2. The molecule has 1 amide bonds. The number of amides is 1. The van der Waals surface area contributed by atoms with Crippen LogP contribution in [0.25, 0.3) is 0 Å². The summed E-state index contributed by atoms with van der Waals surface area (Å²) in [5.41, 5.74) is 3.42. The Hall–Kier alpha value is -2.27. The molecule has 1 N–H and O–H groups in total. The average molecular weight is 427 g/mol. The first-order valence-corrected chi connectivity index (χ1v) is 10.4. The van der Waals surface area contributed by atoms with Crippen LogP contribution in [0.4, 0.5) is 11.4 Å². The van der Waals surface area contributed by atoms with Crippen LogP contribution in [0.5, 0.6) is 0 Å². The standard InChI is InChI=1S/C22H16Cl2N2OS/c23-15-7-5-14(6-8-15)19-13-21(28-20-4-2-1-3-18(20)26-19)22(27)25-17-11-9-16(24)10-12-17/h1-12,21H,13H2,(H,25,27)/t21-/m0/s1. The predicted molar refractivity (Wildman–Crippen MR) is 118 cm³/mol. The maximum absolute atomic E-state index is 13.0. The first-order chi connectivity index (χ1) is 13.6. The van der Waals surface area contributed by atoms with Crippen molar-refractivity contribution in [3.8, 4) is 0 Å². The van der Waals surface area contributed by atoms with Crippen molar-refractivity contribution in [1.82, 2.24) is 0 Å². The Kier molecular flexibility index (Phi) is 5.72. The number of benzene rings is 3. The molecule has 1 atom stereocenters. The minimum atomic E-state index is -0.311. The fraction of sp³-hybridized carbons (Fsp3) is 0.0909. The number of aliphatic imine (C=N–C) groups is 1. The largest absolute Gasteiger partial charge is 0.325 e. The summed E-state index contributed by atoms with van der Waals surface area (Å²) in [6.45, 7) is 0. The second kappa shape index (κ2) is 8.39. The van der Waals surface area contributed by atoms with Crippen molar-refractivity contribution >= 4 is 58.0 Å². The van der Waals surface area contributed by atoms with Crippen LogP contribution in [0.15, 0.2) is 82.7 Å². The normalized spacial score (nSPS) is 15.9. The number of rotatable bonds is 3. The molecule has 0 saturated carbocycles. The van der Waals surface area contributed by atoms with Gasteiger partial charge in [0.15, 0.2) is 0 Å². The number of fused-ring (bicyclic) bond motifs is 1. The highest BCUT2D eigenvalue weighted by molar-refractivity contribution is 8.00. The number of nitrogens with one attached hydrogen (secondary N) is 1. The van der Waals surface area contributed by atoms with Gasteiger partial charge in [0.25, 0.3) is 0 Å². The summed E-state index contributed by atoms with van der Waals surface area (Å²) in [5, 5.41) is 3.98. The van der Waals surface area contributed by atoms with Crippen LogP contribution in [0.3, 0.4) is 0 Å². The van der Waals surface area contributed by atoms with E-state index in [9.17, 15) is 4.79 Å². The topological polar surface area (TPSA) is 41.5 Å². The van der Waals surface area contributed by atoms with E-state index in [-0.39, 0.29) is 11.2 Å². The molecule has 0 saturated heterocycles. The molecular formula is C22H16Cl2N2OS. The van der Waals surface area contributed by atoms with Crippen LogP contribution in [0, 0.1) is 0 Å². The fourth-order valence-electron chi connectivity index (χ4n) is 2.94. The SMILES string of the molecule is O=C(Nc1ccc(Cl)cc1)[C@@H]1CC(c2ccc(Cl)cc2)=Nc2ccccc2S1. The van der Waals surface area contributed by atoms with E-state index >= 15 is 0 Å². The molecule has 140 valence electrons. The third-order valence-corrected chi connectivity index (χ3v) is 6.12. The summed E-state index contributed by atoms with van der Waals surface area (Å²) in [4.78, 5) is 18.8. The minimum Gasteiger partial charge on any atom is -0.325 e. The van der Waals surface area contributed by atoms with Gasteiger partial charge in [0.1, 0.15) is 0 Å². The van der Waals surface area contributed by atoms with E-state index in [2.05, 4.69) is 5.32 Å². The van der Waals surface area contributed by atoms with E-state index in [1.54, 1.807) is 24.3 Å². The molecule has 3 nitrogen and oxygen atoms in total.